The summed E-state index contributed by atoms with van der Waals surface area (Å²) < 4.78 is 11.0. The van der Waals surface area contributed by atoms with Crippen LogP contribution in [0.1, 0.15) is 23.8 Å². The molecule has 5 nitrogen and oxygen atoms in total. The Morgan fingerprint density at radius 2 is 2.25 bits per heavy atom. The van der Waals surface area contributed by atoms with Gasteiger partial charge < -0.3 is 14.6 Å². The Morgan fingerprint density at radius 1 is 1.45 bits per heavy atom. The lowest BCUT2D eigenvalue weighted by Crippen LogP contribution is -2.00. The number of carboxylic acids is 1. The van der Waals surface area contributed by atoms with Crippen molar-refractivity contribution in [3.8, 4) is 22.1 Å². The summed E-state index contributed by atoms with van der Waals surface area (Å²) in [6.07, 6.45) is 0.871. The summed E-state index contributed by atoms with van der Waals surface area (Å²) in [5.74, 6) is 0.178. The molecule has 1 N–H and O–H groups in total. The van der Waals surface area contributed by atoms with Crippen molar-refractivity contribution in [3.05, 3.63) is 29.3 Å². The predicted octanol–water partition coefficient (Wildman–Crippen LogP) is 3.31. The van der Waals surface area contributed by atoms with Crippen LogP contribution in [0.3, 0.4) is 0 Å². The summed E-state index contributed by atoms with van der Waals surface area (Å²) >= 11 is 1.27. The molecule has 106 valence electrons. The van der Waals surface area contributed by atoms with E-state index in [4.69, 9.17) is 14.6 Å². The molecule has 20 heavy (non-hydrogen) atoms. The third-order valence-electron chi connectivity index (χ3n) is 2.60. The standard InChI is InChI=1S/C14H15NO4S/c1-3-7-19-12-9(5-4-6-11(12)18-2)13-15-10(8-20-13)14(16)17/h4-6,8H,3,7H2,1-2H3,(H,16,17). The van der Waals surface area contributed by atoms with Crippen molar-refractivity contribution in [2.45, 2.75) is 13.3 Å². The molecule has 0 aliphatic heterocycles. The van der Waals surface area contributed by atoms with Crippen LogP contribution in [0, 0.1) is 0 Å². The highest BCUT2D eigenvalue weighted by Crippen LogP contribution is 2.39. The van der Waals surface area contributed by atoms with E-state index in [2.05, 4.69) is 4.98 Å². The normalized spacial score (nSPS) is 10.3. The second-order valence-corrected chi connectivity index (χ2v) is 4.89. The van der Waals surface area contributed by atoms with Gasteiger partial charge in [-0.2, -0.15) is 0 Å². The van der Waals surface area contributed by atoms with Crippen LogP contribution in [0.15, 0.2) is 23.6 Å². The molecule has 0 aliphatic carbocycles. The molecule has 0 saturated heterocycles. The summed E-state index contributed by atoms with van der Waals surface area (Å²) in [4.78, 5) is 15.0. The molecule has 2 rings (SSSR count). The molecule has 1 aromatic carbocycles. The van der Waals surface area contributed by atoms with E-state index in [1.165, 1.54) is 16.7 Å². The molecule has 1 heterocycles. The fraction of sp³-hybridized carbons (Fsp3) is 0.286. The molecule has 1 aromatic heterocycles. The number of aromatic carboxylic acids is 1. The van der Waals surface area contributed by atoms with Crippen LogP contribution in [0.25, 0.3) is 10.6 Å². The van der Waals surface area contributed by atoms with Gasteiger partial charge in [-0.1, -0.05) is 13.0 Å². The van der Waals surface area contributed by atoms with Crippen LogP contribution in [-0.2, 0) is 0 Å². The minimum Gasteiger partial charge on any atom is -0.493 e. The number of para-hydroxylation sites is 1. The van der Waals surface area contributed by atoms with Crippen molar-refractivity contribution in [2.24, 2.45) is 0 Å². The van der Waals surface area contributed by atoms with E-state index in [0.29, 0.717) is 23.1 Å². The lowest BCUT2D eigenvalue weighted by Gasteiger charge is -2.13. The average molecular weight is 293 g/mol. The molecule has 0 amide bonds. The lowest BCUT2D eigenvalue weighted by molar-refractivity contribution is 0.0691. The first-order valence-corrected chi connectivity index (χ1v) is 7.04. The van der Waals surface area contributed by atoms with Crippen molar-refractivity contribution in [3.63, 3.8) is 0 Å². The van der Waals surface area contributed by atoms with Gasteiger partial charge in [0.15, 0.2) is 17.2 Å². The van der Waals surface area contributed by atoms with Crippen LogP contribution in [0.5, 0.6) is 11.5 Å². The molecular weight excluding hydrogens is 278 g/mol. The maximum atomic E-state index is 10.9. The van der Waals surface area contributed by atoms with Gasteiger partial charge in [0.2, 0.25) is 0 Å². The highest BCUT2D eigenvalue weighted by Gasteiger charge is 2.17. The number of hydrogen-bond donors (Lipinski definition) is 1. The molecule has 0 bridgehead atoms. The SMILES string of the molecule is CCCOc1c(OC)cccc1-c1nc(C(=O)O)cs1. The van der Waals surface area contributed by atoms with Crippen LogP contribution in [-0.4, -0.2) is 29.8 Å². The van der Waals surface area contributed by atoms with Gasteiger partial charge in [-0.25, -0.2) is 9.78 Å². The smallest absolute Gasteiger partial charge is 0.355 e. The van der Waals surface area contributed by atoms with E-state index in [0.717, 1.165) is 12.0 Å². The summed E-state index contributed by atoms with van der Waals surface area (Å²) in [5.41, 5.74) is 0.782. The van der Waals surface area contributed by atoms with E-state index in [1.807, 2.05) is 19.1 Å². The van der Waals surface area contributed by atoms with Gasteiger partial charge in [0.1, 0.15) is 5.01 Å². The molecule has 2 aromatic rings. The van der Waals surface area contributed by atoms with E-state index in [9.17, 15) is 4.79 Å². The quantitative estimate of drug-likeness (QED) is 0.885. The molecule has 0 fully saturated rings. The fourth-order valence-corrected chi connectivity index (χ4v) is 2.51. The molecule has 0 unspecified atom stereocenters. The average Bonchev–Trinajstić information content (AvgIpc) is 2.94. The first kappa shape index (κ1) is 14.3. The maximum Gasteiger partial charge on any atom is 0.355 e. The number of nitrogens with zero attached hydrogens (tertiary/aromatic N) is 1. The van der Waals surface area contributed by atoms with Crippen LogP contribution < -0.4 is 9.47 Å². The summed E-state index contributed by atoms with van der Waals surface area (Å²) in [6.45, 7) is 2.57. The minimum absolute atomic E-state index is 0.0364. The van der Waals surface area contributed by atoms with Crippen molar-refractivity contribution >= 4 is 17.3 Å². The largest absolute Gasteiger partial charge is 0.493 e. The first-order valence-electron chi connectivity index (χ1n) is 6.16. The Hall–Kier alpha value is -2.08. The monoisotopic (exact) mass is 293 g/mol. The van der Waals surface area contributed by atoms with E-state index >= 15 is 0 Å². The van der Waals surface area contributed by atoms with Gasteiger partial charge in [0.25, 0.3) is 0 Å². The van der Waals surface area contributed by atoms with Crippen molar-refractivity contribution in [2.75, 3.05) is 13.7 Å². The zero-order valence-electron chi connectivity index (χ0n) is 11.3. The van der Waals surface area contributed by atoms with Crippen LogP contribution in [0.4, 0.5) is 0 Å². The third kappa shape index (κ3) is 2.91. The second kappa shape index (κ2) is 6.38. The number of benzene rings is 1. The number of thiazole rings is 1. The highest BCUT2D eigenvalue weighted by molar-refractivity contribution is 7.13. The van der Waals surface area contributed by atoms with Crippen molar-refractivity contribution in [1.82, 2.24) is 4.98 Å². The number of carbonyl (C=O) groups is 1. The Morgan fingerprint density at radius 3 is 2.85 bits per heavy atom. The highest BCUT2D eigenvalue weighted by atomic mass is 32.1. The van der Waals surface area contributed by atoms with Crippen LogP contribution >= 0.6 is 11.3 Å². The predicted molar refractivity (Wildman–Crippen MR) is 76.8 cm³/mol. The van der Waals surface area contributed by atoms with Gasteiger partial charge >= 0.3 is 5.97 Å². The zero-order valence-corrected chi connectivity index (χ0v) is 12.1. The minimum atomic E-state index is -1.04. The zero-order chi connectivity index (χ0) is 14.5. The number of aromatic nitrogens is 1. The Bertz CT molecular complexity index is 609. The summed E-state index contributed by atoms with van der Waals surface area (Å²) in [6, 6.07) is 5.48. The maximum absolute atomic E-state index is 10.9. The van der Waals surface area contributed by atoms with E-state index in [-0.39, 0.29) is 5.69 Å². The lowest BCUT2D eigenvalue weighted by atomic mass is 10.2. The molecule has 0 radical (unpaired) electrons. The second-order valence-electron chi connectivity index (χ2n) is 4.03. The molecule has 6 heteroatoms. The van der Waals surface area contributed by atoms with E-state index < -0.39 is 5.97 Å². The Labute approximate surface area is 120 Å². The number of methoxy groups -OCH3 is 1. The van der Waals surface area contributed by atoms with Gasteiger partial charge in [0.05, 0.1) is 19.3 Å². The van der Waals surface area contributed by atoms with Crippen molar-refractivity contribution < 1.29 is 19.4 Å². The van der Waals surface area contributed by atoms with Crippen molar-refractivity contribution in [1.29, 1.82) is 0 Å². The number of rotatable bonds is 6. The summed E-state index contributed by atoms with van der Waals surface area (Å²) in [5, 5.41) is 11.1. The summed E-state index contributed by atoms with van der Waals surface area (Å²) in [7, 11) is 1.57. The third-order valence-corrected chi connectivity index (χ3v) is 3.48. The molecule has 0 aliphatic rings. The fourth-order valence-electron chi connectivity index (χ4n) is 1.69. The number of ether oxygens (including phenoxy) is 2. The Kier molecular flexibility index (Phi) is 4.57. The van der Waals surface area contributed by atoms with Gasteiger partial charge in [-0.15, -0.1) is 11.3 Å². The van der Waals surface area contributed by atoms with Gasteiger partial charge in [0, 0.05) is 5.38 Å². The van der Waals surface area contributed by atoms with Gasteiger partial charge in [-0.3, -0.25) is 0 Å². The Balaban J connectivity index is 2.45. The first-order chi connectivity index (χ1) is 9.67. The molecular formula is C14H15NO4S. The molecule has 0 atom stereocenters. The number of carboxylic acid groups (broad SMARTS) is 1. The van der Waals surface area contributed by atoms with Gasteiger partial charge in [-0.05, 0) is 18.6 Å². The van der Waals surface area contributed by atoms with Crippen LogP contribution in [0.2, 0.25) is 0 Å². The van der Waals surface area contributed by atoms with E-state index in [1.54, 1.807) is 13.2 Å². The molecule has 0 spiro atoms. The topological polar surface area (TPSA) is 68.7 Å². The molecule has 0 saturated carbocycles. The number of hydrogen-bond acceptors (Lipinski definition) is 5.